The first-order chi connectivity index (χ1) is 11.2. The number of hydrogen-bond donors (Lipinski definition) is 1. The molecule has 1 N–H and O–H groups in total. The van der Waals surface area contributed by atoms with E-state index in [1.165, 1.54) is 4.88 Å². The van der Waals surface area contributed by atoms with Gasteiger partial charge in [-0.2, -0.15) is 0 Å². The van der Waals surface area contributed by atoms with E-state index in [0.717, 1.165) is 19.5 Å². The van der Waals surface area contributed by atoms with E-state index >= 15 is 0 Å². The van der Waals surface area contributed by atoms with Crippen LogP contribution in [0.1, 0.15) is 24.3 Å². The van der Waals surface area contributed by atoms with Crippen molar-refractivity contribution in [2.24, 2.45) is 5.92 Å². The summed E-state index contributed by atoms with van der Waals surface area (Å²) in [6.07, 6.45) is 6.47. The van der Waals surface area contributed by atoms with Gasteiger partial charge in [-0.1, -0.05) is 13.0 Å². The van der Waals surface area contributed by atoms with Crippen LogP contribution in [0.5, 0.6) is 0 Å². The zero-order valence-electron chi connectivity index (χ0n) is 13.5. The van der Waals surface area contributed by atoms with Gasteiger partial charge in [0.1, 0.15) is 0 Å². The second-order valence-electron chi connectivity index (χ2n) is 6.35. The molecule has 0 spiro atoms. The van der Waals surface area contributed by atoms with Gasteiger partial charge in [0.05, 0.1) is 25.6 Å². The first-order valence-electron chi connectivity index (χ1n) is 8.20. The molecule has 3 unspecified atom stereocenters. The van der Waals surface area contributed by atoms with Gasteiger partial charge < -0.3 is 14.4 Å². The first-order valence-corrected chi connectivity index (χ1v) is 9.08. The molecule has 3 atom stereocenters. The fraction of sp³-hybridized carbons (Fsp3) is 0.588. The van der Waals surface area contributed by atoms with Gasteiger partial charge in [0.2, 0.25) is 0 Å². The molecule has 1 aliphatic rings. The minimum Gasteiger partial charge on any atom is -0.389 e. The maximum Gasteiger partial charge on any atom is 0.0949 e. The minimum absolute atomic E-state index is 0.389. The maximum absolute atomic E-state index is 10.2. The maximum atomic E-state index is 10.2. The van der Waals surface area contributed by atoms with Crippen molar-refractivity contribution >= 4 is 11.3 Å². The van der Waals surface area contributed by atoms with Crippen molar-refractivity contribution in [2.75, 3.05) is 26.2 Å². The molecule has 2 aromatic heterocycles. The van der Waals surface area contributed by atoms with Crippen LogP contribution >= 0.6 is 11.3 Å². The van der Waals surface area contributed by atoms with Gasteiger partial charge in [0, 0.05) is 36.4 Å². The molecular formula is C17H25N3O2S. The Morgan fingerprint density at radius 1 is 1.52 bits per heavy atom. The number of nitrogens with zero attached hydrogens (tertiary/aromatic N) is 3. The van der Waals surface area contributed by atoms with Gasteiger partial charge in [0.15, 0.2) is 0 Å². The average molecular weight is 335 g/mol. The average Bonchev–Trinajstić information content (AvgIpc) is 3.22. The summed E-state index contributed by atoms with van der Waals surface area (Å²) >= 11 is 1.68. The van der Waals surface area contributed by atoms with Crippen molar-refractivity contribution in [3.63, 3.8) is 0 Å². The van der Waals surface area contributed by atoms with Crippen LogP contribution in [-0.2, 0) is 11.3 Å². The Labute approximate surface area is 141 Å². The van der Waals surface area contributed by atoms with Gasteiger partial charge in [-0.05, 0) is 30.3 Å². The summed E-state index contributed by atoms with van der Waals surface area (Å²) in [5.74, 6) is 0.632. The third kappa shape index (κ3) is 4.64. The van der Waals surface area contributed by atoms with Crippen LogP contribution in [0, 0.1) is 5.92 Å². The molecular weight excluding hydrogens is 310 g/mol. The van der Waals surface area contributed by atoms with E-state index in [4.69, 9.17) is 4.74 Å². The number of rotatable bonds is 7. The zero-order chi connectivity index (χ0) is 16.1. The molecule has 2 aromatic rings. The smallest absolute Gasteiger partial charge is 0.0949 e. The summed E-state index contributed by atoms with van der Waals surface area (Å²) in [5, 5.41) is 12.3. The topological polar surface area (TPSA) is 50.5 Å². The Morgan fingerprint density at radius 2 is 2.43 bits per heavy atom. The molecule has 0 aromatic carbocycles. The summed E-state index contributed by atoms with van der Waals surface area (Å²) in [6.45, 7) is 5.93. The first kappa shape index (κ1) is 16.6. The molecule has 0 bridgehead atoms. The third-order valence-electron chi connectivity index (χ3n) is 4.51. The predicted molar refractivity (Wildman–Crippen MR) is 91.5 cm³/mol. The highest BCUT2D eigenvalue weighted by atomic mass is 32.1. The number of aliphatic hydroxyl groups excluding tert-OH is 1. The minimum atomic E-state index is -0.438. The van der Waals surface area contributed by atoms with Gasteiger partial charge in [-0.25, -0.2) is 4.98 Å². The molecule has 0 amide bonds. The lowest BCUT2D eigenvalue weighted by atomic mass is 9.93. The fourth-order valence-electron chi connectivity index (χ4n) is 3.17. The highest BCUT2D eigenvalue weighted by molar-refractivity contribution is 7.09. The standard InChI is InChI=1S/C17H25N3O2S/c1-14-4-6-19(10-17(14)20-7-5-18-13-20)9-15(21)11-22-12-16-3-2-8-23-16/h2-3,5,7-8,13-15,17,21H,4,6,9-12H2,1H3. The van der Waals surface area contributed by atoms with Crippen LogP contribution in [0.2, 0.25) is 0 Å². The number of hydrogen-bond acceptors (Lipinski definition) is 5. The van der Waals surface area contributed by atoms with Gasteiger partial charge >= 0.3 is 0 Å². The number of aromatic nitrogens is 2. The molecule has 1 fully saturated rings. The van der Waals surface area contributed by atoms with Crippen LogP contribution in [-0.4, -0.2) is 51.9 Å². The van der Waals surface area contributed by atoms with Crippen molar-refractivity contribution in [1.29, 1.82) is 0 Å². The Bertz CT molecular complexity index is 558. The summed E-state index contributed by atoms with van der Waals surface area (Å²) < 4.78 is 7.81. The lowest BCUT2D eigenvalue weighted by Crippen LogP contribution is -2.44. The number of ether oxygens (including phenoxy) is 1. The van der Waals surface area contributed by atoms with Crippen LogP contribution in [0.25, 0.3) is 0 Å². The molecule has 5 nitrogen and oxygen atoms in total. The lowest BCUT2D eigenvalue weighted by molar-refractivity contribution is 0.000110. The molecule has 1 aliphatic heterocycles. The summed E-state index contributed by atoms with van der Waals surface area (Å²) in [5.41, 5.74) is 0. The van der Waals surface area contributed by atoms with E-state index < -0.39 is 6.10 Å². The summed E-state index contributed by atoms with van der Waals surface area (Å²) in [4.78, 5) is 7.69. The van der Waals surface area contributed by atoms with E-state index in [1.807, 2.05) is 30.2 Å². The lowest BCUT2D eigenvalue weighted by Gasteiger charge is -2.38. The van der Waals surface area contributed by atoms with Crippen LogP contribution in [0.3, 0.4) is 0 Å². The number of β-amino-alcohol motifs (C(OH)–C–C–N with tert-alkyl or cyclic N) is 1. The Hall–Kier alpha value is -1.21. The molecule has 0 saturated carbocycles. The molecule has 23 heavy (non-hydrogen) atoms. The third-order valence-corrected chi connectivity index (χ3v) is 5.36. The van der Waals surface area contributed by atoms with E-state index in [9.17, 15) is 5.11 Å². The van der Waals surface area contributed by atoms with Gasteiger partial charge in [-0.3, -0.25) is 4.90 Å². The van der Waals surface area contributed by atoms with Crippen LogP contribution in [0.15, 0.2) is 36.2 Å². The molecule has 1 saturated heterocycles. The van der Waals surface area contributed by atoms with Crippen molar-refractivity contribution in [1.82, 2.24) is 14.5 Å². The van der Waals surface area contributed by atoms with E-state index in [2.05, 4.69) is 27.4 Å². The monoisotopic (exact) mass is 335 g/mol. The number of aliphatic hydroxyl groups is 1. The molecule has 126 valence electrons. The fourth-order valence-corrected chi connectivity index (χ4v) is 3.82. The van der Waals surface area contributed by atoms with Crippen molar-refractivity contribution in [2.45, 2.75) is 32.1 Å². The van der Waals surface area contributed by atoms with Crippen LogP contribution in [0.4, 0.5) is 0 Å². The van der Waals surface area contributed by atoms with E-state index in [1.54, 1.807) is 11.3 Å². The van der Waals surface area contributed by atoms with Crippen molar-refractivity contribution in [3.8, 4) is 0 Å². The number of likely N-dealkylation sites (tertiary alicyclic amines) is 1. The SMILES string of the molecule is CC1CCN(CC(O)COCc2cccs2)CC1n1ccnc1. The number of thiophene rings is 1. The summed E-state index contributed by atoms with van der Waals surface area (Å²) in [7, 11) is 0. The molecule has 0 aliphatic carbocycles. The molecule has 3 rings (SSSR count). The number of imidazole rings is 1. The van der Waals surface area contributed by atoms with E-state index in [-0.39, 0.29) is 0 Å². The van der Waals surface area contributed by atoms with Crippen molar-refractivity contribution in [3.05, 3.63) is 41.1 Å². The van der Waals surface area contributed by atoms with Crippen LogP contribution < -0.4 is 0 Å². The van der Waals surface area contributed by atoms with E-state index in [0.29, 0.717) is 31.7 Å². The van der Waals surface area contributed by atoms with Gasteiger partial charge in [0.25, 0.3) is 0 Å². The summed E-state index contributed by atoms with van der Waals surface area (Å²) in [6, 6.07) is 4.51. The molecule has 3 heterocycles. The Balaban J connectivity index is 1.43. The quantitative estimate of drug-likeness (QED) is 0.844. The van der Waals surface area contributed by atoms with Crippen molar-refractivity contribution < 1.29 is 9.84 Å². The normalized spacial score (nSPS) is 23.9. The molecule has 6 heteroatoms. The molecule has 0 radical (unpaired) electrons. The largest absolute Gasteiger partial charge is 0.389 e. The second kappa shape index (κ2) is 8.06. The highest BCUT2D eigenvalue weighted by Gasteiger charge is 2.28. The second-order valence-corrected chi connectivity index (χ2v) is 7.38. The Kier molecular flexibility index (Phi) is 5.83. The Morgan fingerprint density at radius 3 is 3.17 bits per heavy atom. The predicted octanol–water partition coefficient (Wildman–Crippen LogP) is 2.41. The number of piperidine rings is 1. The highest BCUT2D eigenvalue weighted by Crippen LogP contribution is 2.27. The van der Waals surface area contributed by atoms with Gasteiger partial charge in [-0.15, -0.1) is 11.3 Å². The zero-order valence-corrected chi connectivity index (χ0v) is 14.4.